The molecule has 0 bridgehead atoms. The monoisotopic (exact) mass is 781 g/mol. The van der Waals surface area contributed by atoms with Crippen molar-refractivity contribution < 1.29 is 28.0 Å². The molecule has 0 amide bonds. The molecule has 56 heavy (non-hydrogen) atoms. The second-order valence-electron chi connectivity index (χ2n) is 13.6. The maximum atomic E-state index is 13.3. The Hall–Kier alpha value is -5.11. The Kier molecular flexibility index (Phi) is 14.8. The largest absolute Gasteiger partial charge is 0.497 e. The summed E-state index contributed by atoms with van der Waals surface area (Å²) in [6.07, 6.45) is 1.92. The van der Waals surface area contributed by atoms with E-state index in [9.17, 15) is 14.9 Å². The molecule has 1 aliphatic heterocycles. The van der Waals surface area contributed by atoms with Gasteiger partial charge in [0.15, 0.2) is 0 Å². The summed E-state index contributed by atoms with van der Waals surface area (Å²) in [6, 6.07) is 29.3. The van der Waals surface area contributed by atoms with Crippen LogP contribution >= 0.6 is 8.53 Å². The predicted octanol–water partition coefficient (Wildman–Crippen LogP) is 7.05. The minimum Gasteiger partial charge on any atom is -0.497 e. The van der Waals surface area contributed by atoms with Gasteiger partial charge in [-0.25, -0.2) is 9.46 Å². The third-order valence-corrected chi connectivity index (χ3v) is 11.5. The molecule has 13 nitrogen and oxygen atoms in total. The molecule has 0 saturated carbocycles. The smallest absolute Gasteiger partial charge is 0.330 e. The van der Waals surface area contributed by atoms with E-state index in [0.29, 0.717) is 11.5 Å². The quantitative estimate of drug-likeness (QED) is 0.0477. The second-order valence-corrected chi connectivity index (χ2v) is 15.0. The van der Waals surface area contributed by atoms with Gasteiger partial charge in [-0.1, -0.05) is 54.6 Å². The third kappa shape index (κ3) is 9.63. The molecule has 1 saturated heterocycles. The normalized spacial score (nSPS) is 17.7. The van der Waals surface area contributed by atoms with Gasteiger partial charge in [0.25, 0.3) is 14.1 Å². The average Bonchev–Trinajstić information content (AvgIpc) is 3.60. The van der Waals surface area contributed by atoms with E-state index >= 15 is 0 Å². The Morgan fingerprint density at radius 3 is 2.05 bits per heavy atom. The van der Waals surface area contributed by atoms with Crippen LogP contribution in [0.2, 0.25) is 0 Å². The van der Waals surface area contributed by atoms with Crippen molar-refractivity contribution in [2.75, 3.05) is 27.4 Å². The molecule has 4 atom stereocenters. The number of nitrogens with zero attached hydrogens (tertiary/aromatic N) is 4. The van der Waals surface area contributed by atoms with Gasteiger partial charge in [0.1, 0.15) is 29.4 Å². The van der Waals surface area contributed by atoms with Gasteiger partial charge in [0, 0.05) is 30.8 Å². The first-order valence-corrected chi connectivity index (χ1v) is 19.5. The number of aromatic amines is 1. The number of H-pyrrole nitrogens is 1. The van der Waals surface area contributed by atoms with E-state index in [0.717, 1.165) is 22.8 Å². The van der Waals surface area contributed by atoms with E-state index in [4.69, 9.17) is 33.3 Å². The number of rotatable bonds is 18. The second kappa shape index (κ2) is 19.7. The Morgan fingerprint density at radius 1 is 0.929 bits per heavy atom. The van der Waals surface area contributed by atoms with Gasteiger partial charge in [0.2, 0.25) is 0 Å². The molecule has 14 heteroatoms. The zero-order chi connectivity index (χ0) is 40.2. The fourth-order valence-corrected chi connectivity index (χ4v) is 8.54. The molecule has 0 radical (unpaired) electrons. The van der Waals surface area contributed by atoms with Crippen molar-refractivity contribution in [3.8, 4) is 23.6 Å². The van der Waals surface area contributed by atoms with E-state index in [1.54, 1.807) is 14.2 Å². The Balaban J connectivity index is 1.62. The molecule has 5 rings (SSSR count). The highest BCUT2D eigenvalue weighted by atomic mass is 31.2. The molecule has 2 heterocycles. The zero-order valence-electron chi connectivity index (χ0n) is 32.5. The van der Waals surface area contributed by atoms with Crippen LogP contribution in [0.5, 0.6) is 11.5 Å². The van der Waals surface area contributed by atoms with E-state index in [2.05, 4.69) is 43.4 Å². The fourth-order valence-electron chi connectivity index (χ4n) is 6.78. The van der Waals surface area contributed by atoms with E-state index in [-0.39, 0.29) is 43.7 Å². The summed E-state index contributed by atoms with van der Waals surface area (Å²) in [5.41, 5.74) is 0.117. The molecular weight excluding hydrogens is 733 g/mol. The van der Waals surface area contributed by atoms with Crippen molar-refractivity contribution in [2.45, 2.75) is 76.7 Å². The minimum atomic E-state index is -1.72. The number of allylic oxidation sites excluding steroid dienone is 1. The van der Waals surface area contributed by atoms with Crippen molar-refractivity contribution in [3.05, 3.63) is 134 Å². The van der Waals surface area contributed by atoms with Crippen LogP contribution in [0.25, 0.3) is 6.08 Å². The number of hydrogen-bond acceptors (Lipinski definition) is 11. The van der Waals surface area contributed by atoms with Gasteiger partial charge in [-0.2, -0.15) is 10.5 Å². The van der Waals surface area contributed by atoms with Gasteiger partial charge in [-0.3, -0.25) is 14.3 Å². The van der Waals surface area contributed by atoms with Gasteiger partial charge in [-0.15, -0.1) is 0 Å². The summed E-state index contributed by atoms with van der Waals surface area (Å²) in [6.45, 7) is 8.35. The molecule has 1 unspecified atom stereocenters. The maximum Gasteiger partial charge on any atom is 0.330 e. The molecule has 3 aromatic carbocycles. The summed E-state index contributed by atoms with van der Waals surface area (Å²) in [5, 5.41) is 18.4. The molecule has 1 aliphatic rings. The number of nitrogens with one attached hydrogen (secondary N) is 1. The van der Waals surface area contributed by atoms with Gasteiger partial charge in [0.05, 0.1) is 57.7 Å². The van der Waals surface area contributed by atoms with E-state index < -0.39 is 43.8 Å². The van der Waals surface area contributed by atoms with Gasteiger partial charge in [-0.05, 0) is 74.7 Å². The van der Waals surface area contributed by atoms with Crippen LogP contribution in [0.4, 0.5) is 0 Å². The van der Waals surface area contributed by atoms with Crippen LogP contribution in [0.1, 0.15) is 69.0 Å². The fraction of sp³-hybridized carbons (Fsp3) is 0.381. The molecule has 1 aromatic heterocycles. The lowest BCUT2D eigenvalue weighted by Gasteiger charge is -2.39. The van der Waals surface area contributed by atoms with Crippen LogP contribution in [0.3, 0.4) is 0 Å². The summed E-state index contributed by atoms with van der Waals surface area (Å²) >= 11 is 0. The molecule has 4 aromatic rings. The number of nitriles is 2. The molecular formula is C42H48N5O8P. The Labute approximate surface area is 328 Å². The molecule has 1 fully saturated rings. The standard InChI is InChI=1S/C42H48N5O8P/c1-29(2)47(30(3)4)56(53-25-11-24-44)55-37-26-39(46-27-31(12-10-23-43)40(48)45-41(46)49)54-38(37)28-52-42(32-13-8-7-9-14-32,33-15-19-35(50-5)20-16-33)34-17-21-36(51-6)22-18-34/h7-10,12-22,27,29-30,37-39H,11,25-26,28H2,1-6H3,(H,45,48,49)/b12-10+/t37-,38+,39-,56?/m0/s1. The van der Waals surface area contributed by atoms with Crippen LogP contribution in [-0.4, -0.2) is 65.9 Å². The number of benzene rings is 3. The SMILES string of the molecule is COc1ccc(C(OC[C@H]2O[C@H](n3cc(/C=C/C#N)c(=O)[nH]c3=O)C[C@@H]2OP(OCCC#N)N(C(C)C)C(C)C)(c2ccccc2)c2ccc(OC)cc2)cc1. The Bertz CT molecular complexity index is 2050. The first-order chi connectivity index (χ1) is 27.1. The summed E-state index contributed by atoms with van der Waals surface area (Å²) in [5.74, 6) is 1.36. The van der Waals surface area contributed by atoms with Crippen molar-refractivity contribution in [3.63, 3.8) is 0 Å². The lowest BCUT2D eigenvalue weighted by molar-refractivity contribution is -0.0925. The highest BCUT2D eigenvalue weighted by Gasteiger charge is 2.45. The van der Waals surface area contributed by atoms with Crippen LogP contribution < -0.4 is 20.7 Å². The first-order valence-electron chi connectivity index (χ1n) is 18.4. The number of hydrogen-bond donors (Lipinski definition) is 1. The van der Waals surface area contributed by atoms with Crippen LogP contribution in [0, 0.1) is 22.7 Å². The Morgan fingerprint density at radius 2 is 1.52 bits per heavy atom. The number of methoxy groups -OCH3 is 2. The van der Waals surface area contributed by atoms with Gasteiger partial charge >= 0.3 is 5.69 Å². The average molecular weight is 782 g/mol. The van der Waals surface area contributed by atoms with Crippen molar-refractivity contribution in [2.24, 2.45) is 0 Å². The summed E-state index contributed by atoms with van der Waals surface area (Å²) in [7, 11) is 1.50. The highest BCUT2D eigenvalue weighted by Crippen LogP contribution is 2.50. The molecule has 0 aliphatic carbocycles. The first kappa shape index (κ1) is 42.0. The topological polar surface area (TPSA) is 161 Å². The summed E-state index contributed by atoms with van der Waals surface area (Å²) in [4.78, 5) is 28.3. The van der Waals surface area contributed by atoms with Crippen LogP contribution in [-0.2, 0) is 24.1 Å². The highest BCUT2D eigenvalue weighted by molar-refractivity contribution is 7.44. The summed E-state index contributed by atoms with van der Waals surface area (Å²) < 4.78 is 41.5. The lowest BCUT2D eigenvalue weighted by atomic mass is 9.80. The van der Waals surface area contributed by atoms with Crippen molar-refractivity contribution in [1.82, 2.24) is 14.2 Å². The van der Waals surface area contributed by atoms with Crippen molar-refractivity contribution >= 4 is 14.6 Å². The van der Waals surface area contributed by atoms with E-state index in [1.807, 2.05) is 84.9 Å². The zero-order valence-corrected chi connectivity index (χ0v) is 33.3. The third-order valence-electron chi connectivity index (χ3n) is 9.35. The molecule has 1 N–H and O–H groups in total. The predicted molar refractivity (Wildman–Crippen MR) is 213 cm³/mol. The van der Waals surface area contributed by atoms with Crippen LogP contribution in [0.15, 0.2) is 101 Å². The van der Waals surface area contributed by atoms with Gasteiger partial charge < -0.3 is 28.0 Å². The van der Waals surface area contributed by atoms with Crippen molar-refractivity contribution in [1.29, 1.82) is 10.5 Å². The maximum absolute atomic E-state index is 13.3. The lowest BCUT2D eigenvalue weighted by Crippen LogP contribution is -2.39. The van der Waals surface area contributed by atoms with E-state index in [1.165, 1.54) is 16.8 Å². The number of ether oxygens (including phenoxy) is 4. The minimum absolute atomic E-state index is 0.0157. The molecule has 0 spiro atoms. The number of aromatic nitrogens is 2. The molecule has 294 valence electrons.